The van der Waals surface area contributed by atoms with Crippen LogP contribution in [-0.2, 0) is 6.54 Å². The molecule has 0 aliphatic rings. The third-order valence-electron chi connectivity index (χ3n) is 2.72. The summed E-state index contributed by atoms with van der Waals surface area (Å²) in [6.45, 7) is 2.83. The number of nitrogen functional groups attached to an aromatic ring is 1. The molecule has 2 rings (SSSR count). The molecule has 0 spiro atoms. The Labute approximate surface area is 109 Å². The molecule has 0 aromatic carbocycles. The van der Waals surface area contributed by atoms with Crippen LogP contribution < -0.4 is 17.0 Å². The quantitative estimate of drug-likeness (QED) is 0.474. The van der Waals surface area contributed by atoms with Crippen molar-refractivity contribution < 1.29 is 0 Å². The number of nitrogens with zero attached hydrogens (tertiary/aromatic N) is 3. The molecule has 7 nitrogen and oxygen atoms in total. The SMILES string of the molecule is CCCn1ncc(Cl)c1C(NN)c1cn[nH]c1N. The van der Waals surface area contributed by atoms with Crippen molar-refractivity contribution in [2.24, 2.45) is 5.84 Å². The molecule has 0 amide bonds. The Hall–Kier alpha value is -1.57. The summed E-state index contributed by atoms with van der Waals surface area (Å²) in [5.41, 5.74) is 10.0. The van der Waals surface area contributed by atoms with Gasteiger partial charge in [-0.3, -0.25) is 15.6 Å². The number of nitrogens with two attached hydrogens (primary N) is 2. The van der Waals surface area contributed by atoms with Crippen LogP contribution in [0.15, 0.2) is 12.4 Å². The highest BCUT2D eigenvalue weighted by atomic mass is 35.5. The Morgan fingerprint density at radius 1 is 1.56 bits per heavy atom. The van der Waals surface area contributed by atoms with E-state index in [0.717, 1.165) is 24.2 Å². The monoisotopic (exact) mass is 269 g/mol. The summed E-state index contributed by atoms with van der Waals surface area (Å²) >= 11 is 6.17. The average Bonchev–Trinajstić information content (AvgIpc) is 2.91. The maximum absolute atomic E-state index is 6.17. The first-order valence-electron chi connectivity index (χ1n) is 5.65. The number of hydrazine groups is 1. The lowest BCUT2D eigenvalue weighted by atomic mass is 10.1. The van der Waals surface area contributed by atoms with E-state index in [2.05, 4.69) is 27.6 Å². The van der Waals surface area contributed by atoms with Crippen molar-refractivity contribution in [3.63, 3.8) is 0 Å². The second kappa shape index (κ2) is 5.38. The summed E-state index contributed by atoms with van der Waals surface area (Å²) in [7, 11) is 0. The zero-order chi connectivity index (χ0) is 13.1. The minimum absolute atomic E-state index is 0.342. The normalized spacial score (nSPS) is 12.8. The smallest absolute Gasteiger partial charge is 0.124 e. The first-order chi connectivity index (χ1) is 8.69. The van der Waals surface area contributed by atoms with Crippen LogP contribution in [0.4, 0.5) is 5.82 Å². The van der Waals surface area contributed by atoms with E-state index in [1.54, 1.807) is 12.4 Å². The Kier molecular flexibility index (Phi) is 3.85. The van der Waals surface area contributed by atoms with Gasteiger partial charge in [0.1, 0.15) is 5.82 Å². The molecular weight excluding hydrogens is 254 g/mol. The van der Waals surface area contributed by atoms with E-state index in [1.807, 2.05) is 4.68 Å². The Morgan fingerprint density at radius 2 is 2.33 bits per heavy atom. The van der Waals surface area contributed by atoms with Gasteiger partial charge in [0, 0.05) is 12.1 Å². The van der Waals surface area contributed by atoms with Crippen LogP contribution in [0.5, 0.6) is 0 Å². The number of aromatic amines is 1. The van der Waals surface area contributed by atoms with Gasteiger partial charge in [-0.2, -0.15) is 10.2 Å². The van der Waals surface area contributed by atoms with Gasteiger partial charge in [0.2, 0.25) is 0 Å². The lowest BCUT2D eigenvalue weighted by Gasteiger charge is -2.17. The van der Waals surface area contributed by atoms with Gasteiger partial charge in [0.05, 0.1) is 29.2 Å². The zero-order valence-corrected chi connectivity index (χ0v) is 10.8. The van der Waals surface area contributed by atoms with Crippen molar-refractivity contribution >= 4 is 17.4 Å². The number of nitrogens with one attached hydrogen (secondary N) is 2. The molecule has 0 fully saturated rings. The van der Waals surface area contributed by atoms with E-state index in [9.17, 15) is 0 Å². The highest BCUT2D eigenvalue weighted by Gasteiger charge is 2.23. The summed E-state index contributed by atoms with van der Waals surface area (Å²) in [6.07, 6.45) is 4.18. The second-order valence-corrected chi connectivity index (χ2v) is 4.35. The minimum Gasteiger partial charge on any atom is -0.384 e. The predicted octanol–water partition coefficient (Wildman–Crippen LogP) is 0.804. The van der Waals surface area contributed by atoms with E-state index in [-0.39, 0.29) is 6.04 Å². The summed E-state index contributed by atoms with van der Waals surface area (Å²) in [5.74, 6) is 6.07. The van der Waals surface area contributed by atoms with Gasteiger partial charge in [-0.1, -0.05) is 18.5 Å². The number of aryl methyl sites for hydroxylation is 1. The van der Waals surface area contributed by atoms with Crippen LogP contribution in [0.3, 0.4) is 0 Å². The number of hydrogen-bond donors (Lipinski definition) is 4. The van der Waals surface area contributed by atoms with E-state index >= 15 is 0 Å². The summed E-state index contributed by atoms with van der Waals surface area (Å²) in [6, 6.07) is -0.342. The Morgan fingerprint density at radius 3 is 2.89 bits per heavy atom. The fourth-order valence-electron chi connectivity index (χ4n) is 1.90. The molecule has 98 valence electrons. The van der Waals surface area contributed by atoms with Crippen molar-refractivity contribution in [1.82, 2.24) is 25.4 Å². The minimum atomic E-state index is -0.342. The molecule has 2 aromatic rings. The second-order valence-electron chi connectivity index (χ2n) is 3.94. The number of aromatic nitrogens is 4. The number of halogens is 1. The van der Waals surface area contributed by atoms with Gasteiger partial charge >= 0.3 is 0 Å². The van der Waals surface area contributed by atoms with E-state index < -0.39 is 0 Å². The van der Waals surface area contributed by atoms with Crippen molar-refractivity contribution in [1.29, 1.82) is 0 Å². The van der Waals surface area contributed by atoms with Crippen LogP contribution in [0.2, 0.25) is 5.02 Å². The van der Waals surface area contributed by atoms with E-state index in [1.165, 1.54) is 0 Å². The number of hydrogen-bond acceptors (Lipinski definition) is 5. The van der Waals surface area contributed by atoms with Gasteiger partial charge in [0.25, 0.3) is 0 Å². The van der Waals surface area contributed by atoms with Crippen molar-refractivity contribution in [3.8, 4) is 0 Å². The summed E-state index contributed by atoms with van der Waals surface area (Å²) < 4.78 is 1.82. The van der Waals surface area contributed by atoms with Crippen molar-refractivity contribution in [2.75, 3.05) is 5.73 Å². The Balaban J connectivity index is 2.45. The van der Waals surface area contributed by atoms with Gasteiger partial charge in [0.15, 0.2) is 0 Å². The molecule has 0 saturated carbocycles. The molecule has 1 atom stereocenters. The summed E-state index contributed by atoms with van der Waals surface area (Å²) in [5, 5.41) is 11.3. The molecule has 0 aliphatic carbocycles. The molecule has 1 unspecified atom stereocenters. The fourth-order valence-corrected chi connectivity index (χ4v) is 2.15. The lowest BCUT2D eigenvalue weighted by molar-refractivity contribution is 0.522. The first kappa shape index (κ1) is 12.9. The largest absolute Gasteiger partial charge is 0.384 e. The third kappa shape index (κ3) is 2.20. The highest BCUT2D eigenvalue weighted by molar-refractivity contribution is 6.31. The van der Waals surface area contributed by atoms with Crippen LogP contribution in [0.25, 0.3) is 0 Å². The number of anilines is 1. The van der Waals surface area contributed by atoms with Crippen LogP contribution >= 0.6 is 11.6 Å². The molecular formula is C10H16ClN7. The molecule has 0 saturated heterocycles. The van der Waals surface area contributed by atoms with Crippen LogP contribution in [-0.4, -0.2) is 20.0 Å². The van der Waals surface area contributed by atoms with E-state index in [4.69, 9.17) is 23.2 Å². The van der Waals surface area contributed by atoms with Gasteiger partial charge in [-0.05, 0) is 6.42 Å². The average molecular weight is 270 g/mol. The van der Waals surface area contributed by atoms with Gasteiger partial charge < -0.3 is 5.73 Å². The van der Waals surface area contributed by atoms with Crippen molar-refractivity contribution in [3.05, 3.63) is 28.7 Å². The zero-order valence-electron chi connectivity index (χ0n) is 10.0. The molecule has 2 heterocycles. The van der Waals surface area contributed by atoms with Crippen LogP contribution in [0.1, 0.15) is 30.6 Å². The van der Waals surface area contributed by atoms with Crippen LogP contribution in [0, 0.1) is 0 Å². The topological polar surface area (TPSA) is 111 Å². The maximum Gasteiger partial charge on any atom is 0.124 e. The maximum atomic E-state index is 6.17. The fraction of sp³-hybridized carbons (Fsp3) is 0.400. The lowest BCUT2D eigenvalue weighted by Crippen LogP contribution is -2.31. The summed E-state index contributed by atoms with van der Waals surface area (Å²) in [4.78, 5) is 0. The molecule has 0 bridgehead atoms. The molecule has 2 aromatic heterocycles. The Bertz CT molecular complexity index is 518. The van der Waals surface area contributed by atoms with E-state index in [0.29, 0.717) is 10.8 Å². The number of rotatable bonds is 5. The molecule has 0 aliphatic heterocycles. The highest BCUT2D eigenvalue weighted by Crippen LogP contribution is 2.29. The molecule has 6 N–H and O–H groups in total. The molecule has 0 radical (unpaired) electrons. The standard InChI is InChI=1S/C10H16ClN7/c1-2-3-18-9(7(11)5-15-18)8(16-13)6-4-14-17-10(6)12/h4-5,8,16H,2-3,13H2,1H3,(H3,12,14,17). The molecule has 18 heavy (non-hydrogen) atoms. The van der Waals surface area contributed by atoms with Gasteiger partial charge in [-0.15, -0.1) is 0 Å². The first-order valence-corrected chi connectivity index (χ1v) is 6.02. The number of H-pyrrole nitrogens is 1. The predicted molar refractivity (Wildman–Crippen MR) is 69.7 cm³/mol. The molecule has 8 heteroatoms. The van der Waals surface area contributed by atoms with Crippen molar-refractivity contribution in [2.45, 2.75) is 25.9 Å². The van der Waals surface area contributed by atoms with Gasteiger partial charge in [-0.25, -0.2) is 5.43 Å². The third-order valence-corrected chi connectivity index (χ3v) is 3.01.